The molecule has 0 rings (SSSR count). The topological polar surface area (TPSA) is 44.1 Å². The lowest BCUT2D eigenvalue weighted by molar-refractivity contribution is -0.132. The van der Waals surface area contributed by atoms with E-state index in [9.17, 15) is 4.79 Å². The highest BCUT2D eigenvalue weighted by atomic mass is 16.2. The van der Waals surface area contributed by atoms with E-state index in [-0.39, 0.29) is 11.3 Å². The molecule has 0 aliphatic carbocycles. The van der Waals surface area contributed by atoms with Gasteiger partial charge < -0.3 is 4.90 Å². The largest absolute Gasteiger partial charge is 0.341 e. The van der Waals surface area contributed by atoms with Crippen molar-refractivity contribution >= 4 is 5.91 Å². The Bertz CT molecular complexity index is 310. The minimum Gasteiger partial charge on any atom is -0.341 e. The first kappa shape index (κ1) is 18.0. The van der Waals surface area contributed by atoms with Crippen LogP contribution in [0.3, 0.4) is 0 Å². The van der Waals surface area contributed by atoms with Crippen LogP contribution in [-0.2, 0) is 4.79 Å². The van der Waals surface area contributed by atoms with Crippen LogP contribution in [0.25, 0.3) is 0 Å². The Kier molecular flexibility index (Phi) is 7.75. The number of carbonyl (C=O) groups excluding carboxylic acids is 1. The van der Waals surface area contributed by atoms with Gasteiger partial charge in [0.25, 0.3) is 0 Å². The van der Waals surface area contributed by atoms with Crippen molar-refractivity contribution in [2.45, 2.75) is 60.8 Å². The van der Waals surface area contributed by atoms with E-state index >= 15 is 0 Å². The van der Waals surface area contributed by atoms with Crippen LogP contribution in [0.15, 0.2) is 0 Å². The van der Waals surface area contributed by atoms with Gasteiger partial charge in [0.1, 0.15) is 0 Å². The van der Waals surface area contributed by atoms with Crippen LogP contribution in [0.5, 0.6) is 0 Å². The van der Waals surface area contributed by atoms with E-state index in [4.69, 9.17) is 5.26 Å². The summed E-state index contributed by atoms with van der Waals surface area (Å²) in [5.74, 6) is 1.03. The van der Waals surface area contributed by atoms with Crippen molar-refractivity contribution in [1.29, 1.82) is 5.26 Å². The van der Waals surface area contributed by atoms with Gasteiger partial charge in [-0.1, -0.05) is 41.5 Å². The van der Waals surface area contributed by atoms with Crippen molar-refractivity contribution in [3.05, 3.63) is 0 Å². The second-order valence-electron chi connectivity index (χ2n) is 7.22. The van der Waals surface area contributed by atoms with Gasteiger partial charge in [-0.05, 0) is 23.7 Å². The summed E-state index contributed by atoms with van der Waals surface area (Å²) in [6.07, 6.45) is 2.06. The Morgan fingerprint density at radius 1 is 1.26 bits per heavy atom. The number of nitrogens with zero attached hydrogens (tertiary/aromatic N) is 2. The molecule has 0 aromatic heterocycles. The summed E-state index contributed by atoms with van der Waals surface area (Å²) in [6.45, 7) is 14.3. The van der Waals surface area contributed by atoms with Crippen molar-refractivity contribution in [3.8, 4) is 6.07 Å². The third kappa shape index (κ3) is 9.53. The van der Waals surface area contributed by atoms with Crippen molar-refractivity contribution in [1.82, 2.24) is 4.90 Å². The monoisotopic (exact) mass is 266 g/mol. The SMILES string of the molecule is CC(C)CN(CCC#N)C(=O)CC(C)CC(C)(C)C. The summed E-state index contributed by atoms with van der Waals surface area (Å²) in [6, 6.07) is 2.12. The first-order valence-electron chi connectivity index (χ1n) is 7.30. The average Bonchev–Trinajstić information content (AvgIpc) is 2.20. The molecule has 0 bridgehead atoms. The first-order valence-corrected chi connectivity index (χ1v) is 7.30. The molecule has 0 heterocycles. The fourth-order valence-corrected chi connectivity index (χ4v) is 2.49. The van der Waals surface area contributed by atoms with Gasteiger partial charge in [0.05, 0.1) is 12.5 Å². The summed E-state index contributed by atoms with van der Waals surface area (Å²) in [7, 11) is 0. The van der Waals surface area contributed by atoms with Crippen molar-refractivity contribution in [3.63, 3.8) is 0 Å². The Hall–Kier alpha value is -1.04. The molecule has 0 aliphatic heterocycles. The Morgan fingerprint density at radius 3 is 2.26 bits per heavy atom. The molecule has 110 valence electrons. The summed E-state index contributed by atoms with van der Waals surface area (Å²) >= 11 is 0. The van der Waals surface area contributed by atoms with Crippen LogP contribution < -0.4 is 0 Å². The van der Waals surface area contributed by atoms with E-state index in [1.807, 2.05) is 4.90 Å². The van der Waals surface area contributed by atoms with Gasteiger partial charge in [-0.2, -0.15) is 5.26 Å². The van der Waals surface area contributed by atoms with Crippen molar-refractivity contribution < 1.29 is 4.79 Å². The third-order valence-electron chi connectivity index (χ3n) is 2.92. The molecule has 0 fully saturated rings. The summed E-state index contributed by atoms with van der Waals surface area (Å²) in [5, 5.41) is 8.68. The molecule has 0 saturated heterocycles. The van der Waals surface area contributed by atoms with Crippen LogP contribution >= 0.6 is 0 Å². The Balaban J connectivity index is 4.42. The second kappa shape index (κ2) is 8.19. The fraction of sp³-hybridized carbons (Fsp3) is 0.875. The molecule has 3 heteroatoms. The van der Waals surface area contributed by atoms with Gasteiger partial charge in [-0.3, -0.25) is 4.79 Å². The molecule has 0 aromatic carbocycles. The molecule has 1 unspecified atom stereocenters. The highest BCUT2D eigenvalue weighted by Crippen LogP contribution is 2.26. The summed E-state index contributed by atoms with van der Waals surface area (Å²) < 4.78 is 0. The zero-order valence-electron chi connectivity index (χ0n) is 13.5. The average molecular weight is 266 g/mol. The van der Waals surface area contributed by atoms with Gasteiger partial charge in [0.15, 0.2) is 0 Å². The summed E-state index contributed by atoms with van der Waals surface area (Å²) in [4.78, 5) is 14.2. The maximum absolute atomic E-state index is 12.3. The van der Waals surface area contributed by atoms with Gasteiger partial charge in [0.2, 0.25) is 5.91 Å². The lowest BCUT2D eigenvalue weighted by Crippen LogP contribution is -2.36. The van der Waals surface area contributed by atoms with E-state index in [0.29, 0.717) is 31.2 Å². The molecule has 0 N–H and O–H groups in total. The van der Waals surface area contributed by atoms with E-state index in [2.05, 4.69) is 47.6 Å². The quantitative estimate of drug-likeness (QED) is 0.702. The molecular weight excluding hydrogens is 236 g/mol. The second-order valence-corrected chi connectivity index (χ2v) is 7.22. The van der Waals surface area contributed by atoms with E-state index in [1.165, 1.54) is 0 Å². The minimum absolute atomic E-state index is 0.195. The van der Waals surface area contributed by atoms with Gasteiger partial charge in [-0.25, -0.2) is 0 Å². The number of amides is 1. The molecule has 3 nitrogen and oxygen atoms in total. The summed E-state index contributed by atoms with van der Waals surface area (Å²) in [5.41, 5.74) is 0.259. The smallest absolute Gasteiger partial charge is 0.222 e. The zero-order chi connectivity index (χ0) is 15.1. The van der Waals surface area contributed by atoms with Gasteiger partial charge in [0, 0.05) is 19.5 Å². The standard InChI is InChI=1S/C16H30N2O/c1-13(2)12-18(9-7-8-17)15(19)10-14(3)11-16(4,5)6/h13-14H,7,9-12H2,1-6H3. The van der Waals surface area contributed by atoms with Crippen LogP contribution in [0, 0.1) is 28.6 Å². The number of carbonyl (C=O) groups is 1. The highest BCUT2D eigenvalue weighted by Gasteiger charge is 2.21. The zero-order valence-corrected chi connectivity index (χ0v) is 13.5. The van der Waals surface area contributed by atoms with Crippen molar-refractivity contribution in [2.24, 2.45) is 17.3 Å². The van der Waals surface area contributed by atoms with Crippen molar-refractivity contribution in [2.75, 3.05) is 13.1 Å². The highest BCUT2D eigenvalue weighted by molar-refractivity contribution is 5.76. The van der Waals surface area contributed by atoms with Crippen LogP contribution in [-0.4, -0.2) is 23.9 Å². The van der Waals surface area contributed by atoms with E-state index in [1.54, 1.807) is 0 Å². The maximum Gasteiger partial charge on any atom is 0.222 e. The molecule has 0 spiro atoms. The maximum atomic E-state index is 12.3. The molecule has 0 saturated carbocycles. The number of hydrogen-bond acceptors (Lipinski definition) is 2. The molecule has 1 amide bonds. The first-order chi connectivity index (χ1) is 8.65. The predicted molar refractivity (Wildman–Crippen MR) is 79.5 cm³/mol. The lowest BCUT2D eigenvalue weighted by atomic mass is 9.84. The number of rotatable bonds is 7. The molecule has 0 aromatic rings. The fourth-order valence-electron chi connectivity index (χ4n) is 2.49. The predicted octanol–water partition coefficient (Wildman–Crippen LogP) is 3.85. The van der Waals surface area contributed by atoms with Crippen LogP contribution in [0.1, 0.15) is 60.8 Å². The molecule has 0 aliphatic rings. The van der Waals surface area contributed by atoms with Crippen LogP contribution in [0.2, 0.25) is 0 Å². The van der Waals surface area contributed by atoms with Gasteiger partial charge >= 0.3 is 0 Å². The molecule has 1 atom stereocenters. The Labute approximate surface area is 119 Å². The minimum atomic E-state index is 0.195. The number of nitriles is 1. The third-order valence-corrected chi connectivity index (χ3v) is 2.92. The normalized spacial score (nSPS) is 13.2. The molecule has 19 heavy (non-hydrogen) atoms. The number of hydrogen-bond donors (Lipinski definition) is 0. The van der Waals surface area contributed by atoms with Crippen LogP contribution in [0.4, 0.5) is 0 Å². The Morgan fingerprint density at radius 2 is 1.84 bits per heavy atom. The molecule has 0 radical (unpaired) electrons. The van der Waals surface area contributed by atoms with E-state index < -0.39 is 0 Å². The molecular formula is C16H30N2O. The van der Waals surface area contributed by atoms with E-state index in [0.717, 1.165) is 13.0 Å². The lowest BCUT2D eigenvalue weighted by Gasteiger charge is -2.27. The van der Waals surface area contributed by atoms with Gasteiger partial charge in [-0.15, -0.1) is 0 Å².